The van der Waals surface area contributed by atoms with Crippen molar-refractivity contribution in [2.45, 2.75) is 13.1 Å². The van der Waals surface area contributed by atoms with Crippen LogP contribution >= 0.6 is 0 Å². The van der Waals surface area contributed by atoms with E-state index >= 15 is 0 Å². The highest BCUT2D eigenvalue weighted by Gasteiger charge is 2.29. The molecule has 2 aliphatic heterocycles. The maximum atomic E-state index is 12.8. The fourth-order valence-electron chi connectivity index (χ4n) is 3.38. The van der Waals surface area contributed by atoms with Gasteiger partial charge < -0.3 is 24.8 Å². The highest BCUT2D eigenvalue weighted by Crippen LogP contribution is 2.22. The van der Waals surface area contributed by atoms with E-state index in [9.17, 15) is 14.4 Å². The zero-order valence-corrected chi connectivity index (χ0v) is 16.9. The van der Waals surface area contributed by atoms with E-state index in [1.807, 2.05) is 12.1 Å². The number of nitrogens with zero attached hydrogens (tertiary/aromatic N) is 2. The van der Waals surface area contributed by atoms with E-state index < -0.39 is 11.9 Å². The third-order valence-corrected chi connectivity index (χ3v) is 4.89. The number of benzene rings is 1. The summed E-state index contributed by atoms with van der Waals surface area (Å²) < 4.78 is 10.00. The molecule has 0 aliphatic carbocycles. The summed E-state index contributed by atoms with van der Waals surface area (Å²) in [6.45, 7) is 2.76. The van der Waals surface area contributed by atoms with Gasteiger partial charge in [0.2, 0.25) is 11.8 Å². The van der Waals surface area contributed by atoms with Crippen LogP contribution in [0.2, 0.25) is 0 Å². The van der Waals surface area contributed by atoms with E-state index in [-0.39, 0.29) is 38.0 Å². The molecule has 3 rings (SSSR count). The van der Waals surface area contributed by atoms with Gasteiger partial charge in [-0.25, -0.2) is 0 Å². The number of hydrogen-bond donors (Lipinski definition) is 2. The Hall–Kier alpha value is -2.98. The molecule has 2 aliphatic rings. The summed E-state index contributed by atoms with van der Waals surface area (Å²) in [5.41, 5.74) is 2.51. The van der Waals surface area contributed by atoms with Gasteiger partial charge >= 0.3 is 5.97 Å². The molecule has 30 heavy (non-hydrogen) atoms. The zero-order chi connectivity index (χ0) is 21.9. The van der Waals surface area contributed by atoms with Crippen LogP contribution in [0.15, 0.2) is 24.3 Å². The van der Waals surface area contributed by atoms with E-state index in [0.717, 1.165) is 13.1 Å². The number of carbonyl (C=O) groups excluding carboxylic acids is 3. The van der Waals surface area contributed by atoms with Gasteiger partial charge in [0.1, 0.15) is 6.54 Å². The van der Waals surface area contributed by atoms with Crippen molar-refractivity contribution in [3.05, 3.63) is 35.4 Å². The predicted octanol–water partition coefficient (Wildman–Crippen LogP) is -0.533. The molecule has 1 atom stereocenters. The van der Waals surface area contributed by atoms with Gasteiger partial charge in [0.15, 0.2) is 0 Å². The van der Waals surface area contributed by atoms with Crippen molar-refractivity contribution in [2.75, 3.05) is 46.5 Å². The number of hydrogen-bond acceptors (Lipinski definition) is 7. The number of carboxylic acid groups (broad SMARTS) is 1. The van der Waals surface area contributed by atoms with Gasteiger partial charge in [-0.1, -0.05) is 24.3 Å². The average Bonchev–Trinajstić information content (AvgIpc) is 2.97. The van der Waals surface area contributed by atoms with Crippen LogP contribution < -0.4 is 5.32 Å². The number of nitrogens with one attached hydrogen (secondary N) is 1. The lowest BCUT2D eigenvalue weighted by atomic mass is 10.1. The molecular formula is C20H27N3O7. The molecule has 1 aromatic rings. The minimum atomic E-state index is -0.514. The van der Waals surface area contributed by atoms with Crippen LogP contribution in [0, 0.1) is 5.92 Å². The summed E-state index contributed by atoms with van der Waals surface area (Å²) in [7, 11) is 1.26. The minimum absolute atomic E-state index is 0.0147. The van der Waals surface area contributed by atoms with Gasteiger partial charge in [-0.15, -0.1) is 0 Å². The molecule has 10 heteroatoms. The van der Waals surface area contributed by atoms with Crippen molar-refractivity contribution in [3.8, 4) is 0 Å². The first kappa shape index (κ1) is 23.3. The molecule has 2 amide bonds. The van der Waals surface area contributed by atoms with Gasteiger partial charge in [0.25, 0.3) is 6.47 Å². The van der Waals surface area contributed by atoms with Crippen molar-refractivity contribution in [3.63, 3.8) is 0 Å². The normalized spacial score (nSPS) is 18.3. The average molecular weight is 421 g/mol. The number of rotatable bonds is 5. The fourth-order valence-corrected chi connectivity index (χ4v) is 3.38. The highest BCUT2D eigenvalue weighted by atomic mass is 16.5. The van der Waals surface area contributed by atoms with E-state index in [1.54, 1.807) is 4.90 Å². The van der Waals surface area contributed by atoms with Gasteiger partial charge in [0.05, 0.1) is 32.8 Å². The predicted molar refractivity (Wildman–Crippen MR) is 105 cm³/mol. The lowest BCUT2D eigenvalue weighted by molar-refractivity contribution is -0.142. The molecule has 1 unspecified atom stereocenters. The second kappa shape index (κ2) is 11.9. The Morgan fingerprint density at radius 3 is 2.50 bits per heavy atom. The van der Waals surface area contributed by atoms with Crippen LogP contribution in [-0.4, -0.2) is 85.7 Å². The number of carbonyl (C=O) groups is 4. The van der Waals surface area contributed by atoms with Gasteiger partial charge in [0, 0.05) is 26.2 Å². The smallest absolute Gasteiger partial charge is 0.325 e. The molecule has 164 valence electrons. The molecule has 0 spiro atoms. The van der Waals surface area contributed by atoms with Crippen LogP contribution in [0.5, 0.6) is 0 Å². The molecule has 1 fully saturated rings. The second-order valence-corrected chi connectivity index (χ2v) is 6.92. The third kappa shape index (κ3) is 6.82. The Bertz CT molecular complexity index is 731. The van der Waals surface area contributed by atoms with E-state index in [1.165, 1.54) is 18.2 Å². The summed E-state index contributed by atoms with van der Waals surface area (Å²) in [5, 5.41) is 9.42. The largest absolute Gasteiger partial charge is 0.483 e. The minimum Gasteiger partial charge on any atom is -0.483 e. The topological polar surface area (TPSA) is 125 Å². The number of methoxy groups -OCH3 is 1. The maximum Gasteiger partial charge on any atom is 0.325 e. The Morgan fingerprint density at radius 1 is 1.27 bits per heavy atom. The first-order chi connectivity index (χ1) is 14.5. The Balaban J connectivity index is 0.00000101. The summed E-state index contributed by atoms with van der Waals surface area (Å²) in [4.78, 5) is 48.4. The quantitative estimate of drug-likeness (QED) is 0.480. The lowest BCUT2D eigenvalue weighted by Crippen LogP contribution is -2.45. The summed E-state index contributed by atoms with van der Waals surface area (Å²) in [6, 6.07) is 8.18. The lowest BCUT2D eigenvalue weighted by Gasteiger charge is -2.25. The number of esters is 1. The van der Waals surface area contributed by atoms with Crippen LogP contribution in [0.4, 0.5) is 0 Å². The number of ether oxygens (including phenoxy) is 2. The highest BCUT2D eigenvalue weighted by molar-refractivity contribution is 5.85. The molecule has 10 nitrogen and oxygen atoms in total. The Morgan fingerprint density at radius 2 is 1.90 bits per heavy atom. The Labute approximate surface area is 174 Å². The molecule has 1 saturated heterocycles. The van der Waals surface area contributed by atoms with Crippen molar-refractivity contribution in [2.24, 2.45) is 5.92 Å². The summed E-state index contributed by atoms with van der Waals surface area (Å²) in [6.07, 6.45) is 0. The molecule has 0 bridgehead atoms. The molecule has 0 aromatic heterocycles. The van der Waals surface area contributed by atoms with Gasteiger partial charge in [-0.2, -0.15) is 0 Å². The van der Waals surface area contributed by atoms with Crippen LogP contribution in [0.3, 0.4) is 0 Å². The van der Waals surface area contributed by atoms with Gasteiger partial charge in [-0.05, 0) is 11.1 Å². The molecule has 1 aromatic carbocycles. The molecule has 0 saturated carbocycles. The van der Waals surface area contributed by atoms with Crippen molar-refractivity contribution in [1.29, 1.82) is 0 Å². The molecule has 0 radical (unpaired) electrons. The van der Waals surface area contributed by atoms with Crippen LogP contribution in [0.1, 0.15) is 11.1 Å². The Kier molecular flexibility index (Phi) is 9.23. The molecule has 2 heterocycles. The molecule has 2 N–H and O–H groups in total. The summed E-state index contributed by atoms with van der Waals surface area (Å²) in [5.74, 6) is -1.34. The standard InChI is InChI=1S/C19H25N3O5.CH2O2/c1-26-18(24)8-20-19(25)16-11-22(6-7-27-13-16)17(23)12-21-9-14-4-2-3-5-15(14)10-21;2-1-3/h2-5,16H,6-13H2,1H3,(H,20,25);1H,(H,2,3). The van der Waals surface area contributed by atoms with E-state index in [0.29, 0.717) is 19.7 Å². The zero-order valence-electron chi connectivity index (χ0n) is 16.9. The van der Waals surface area contributed by atoms with Crippen molar-refractivity contribution in [1.82, 2.24) is 15.1 Å². The number of fused-ring (bicyclic) bond motifs is 1. The number of amides is 2. The van der Waals surface area contributed by atoms with Crippen molar-refractivity contribution < 1.29 is 33.8 Å². The van der Waals surface area contributed by atoms with E-state index in [2.05, 4.69) is 27.1 Å². The molecular weight excluding hydrogens is 394 g/mol. The third-order valence-electron chi connectivity index (χ3n) is 4.89. The van der Waals surface area contributed by atoms with Crippen LogP contribution in [0.25, 0.3) is 0 Å². The maximum absolute atomic E-state index is 12.8. The second-order valence-electron chi connectivity index (χ2n) is 6.92. The van der Waals surface area contributed by atoms with Crippen LogP contribution in [-0.2, 0) is 41.7 Å². The monoisotopic (exact) mass is 421 g/mol. The van der Waals surface area contributed by atoms with E-state index in [4.69, 9.17) is 14.6 Å². The fraction of sp³-hybridized carbons (Fsp3) is 0.500. The van der Waals surface area contributed by atoms with Crippen molar-refractivity contribution >= 4 is 24.3 Å². The summed E-state index contributed by atoms with van der Waals surface area (Å²) >= 11 is 0. The van der Waals surface area contributed by atoms with Gasteiger partial charge in [-0.3, -0.25) is 24.1 Å². The first-order valence-electron chi connectivity index (χ1n) is 9.55. The first-order valence-corrected chi connectivity index (χ1v) is 9.55. The SMILES string of the molecule is COC(=O)CNC(=O)C1COCCN(C(=O)CN2Cc3ccccc3C2)C1.O=CO.